The molecule has 4 rings (SSSR count). The summed E-state index contributed by atoms with van der Waals surface area (Å²) in [5.41, 5.74) is 3.27. The Kier molecular flexibility index (Phi) is 7.22. The number of benzene rings is 2. The maximum Gasteiger partial charge on any atom is 0.307 e. The van der Waals surface area contributed by atoms with Crippen molar-refractivity contribution in [3.8, 4) is 10.4 Å². The lowest BCUT2D eigenvalue weighted by Crippen LogP contribution is -2.53. The molecular weight excluding hydrogens is 418 g/mol. The molecule has 0 spiro atoms. The van der Waals surface area contributed by atoms with Crippen LogP contribution in [-0.2, 0) is 17.8 Å². The minimum absolute atomic E-state index is 0.0748. The summed E-state index contributed by atoms with van der Waals surface area (Å²) in [7, 11) is 0. The highest BCUT2D eigenvalue weighted by molar-refractivity contribution is 7.18. The quantitative estimate of drug-likeness (QED) is 0.514. The molecule has 1 aliphatic rings. The van der Waals surface area contributed by atoms with Gasteiger partial charge in [0.1, 0.15) is 0 Å². The summed E-state index contributed by atoms with van der Waals surface area (Å²) >= 11 is 1.78. The highest BCUT2D eigenvalue weighted by atomic mass is 32.1. The molecule has 0 amide bonds. The van der Waals surface area contributed by atoms with Gasteiger partial charge in [-0.2, -0.15) is 0 Å². The molecule has 1 atom stereocenters. The van der Waals surface area contributed by atoms with Crippen molar-refractivity contribution < 1.29 is 9.90 Å². The fourth-order valence-electron chi connectivity index (χ4n) is 4.47. The van der Waals surface area contributed by atoms with Crippen LogP contribution < -0.4 is 4.90 Å². The summed E-state index contributed by atoms with van der Waals surface area (Å²) in [5.74, 6) is -0.180. The van der Waals surface area contributed by atoms with E-state index in [1.165, 1.54) is 16.0 Å². The zero-order valence-corrected chi connectivity index (χ0v) is 19.6. The zero-order valence-electron chi connectivity index (χ0n) is 18.8. The molecule has 0 bridgehead atoms. The second kappa shape index (κ2) is 10.3. The molecule has 32 heavy (non-hydrogen) atoms. The molecule has 168 valence electrons. The lowest BCUT2D eigenvalue weighted by molar-refractivity contribution is -0.136. The topological polar surface area (TPSA) is 56.7 Å². The van der Waals surface area contributed by atoms with Crippen LogP contribution in [-0.4, -0.2) is 46.6 Å². The third-order valence-corrected chi connectivity index (χ3v) is 6.94. The van der Waals surface area contributed by atoms with Gasteiger partial charge in [0.15, 0.2) is 5.13 Å². The van der Waals surface area contributed by atoms with Crippen molar-refractivity contribution in [2.24, 2.45) is 5.92 Å². The molecule has 2 heterocycles. The number of nitrogens with zero attached hydrogens (tertiary/aromatic N) is 3. The van der Waals surface area contributed by atoms with Crippen molar-refractivity contribution >= 4 is 22.4 Å². The number of carboxylic acids is 1. The lowest BCUT2D eigenvalue weighted by Gasteiger charge is -2.42. The van der Waals surface area contributed by atoms with Crippen LogP contribution in [0.15, 0.2) is 60.8 Å². The molecule has 1 N–H and O–H groups in total. The van der Waals surface area contributed by atoms with Gasteiger partial charge in [-0.3, -0.25) is 9.69 Å². The average molecular weight is 450 g/mol. The molecule has 0 unspecified atom stereocenters. The Hall–Kier alpha value is -2.70. The summed E-state index contributed by atoms with van der Waals surface area (Å²) in [6.07, 6.45) is 3.20. The van der Waals surface area contributed by atoms with Gasteiger partial charge in [-0.1, -0.05) is 79.8 Å². The second-order valence-electron chi connectivity index (χ2n) is 8.98. The summed E-state index contributed by atoms with van der Waals surface area (Å²) in [4.78, 5) is 22.0. The van der Waals surface area contributed by atoms with Gasteiger partial charge in [0.05, 0.1) is 11.3 Å². The van der Waals surface area contributed by atoms with Crippen molar-refractivity contribution in [3.05, 3.63) is 71.9 Å². The molecule has 2 aromatic carbocycles. The number of anilines is 1. The first-order chi connectivity index (χ1) is 15.5. The Labute approximate surface area is 194 Å². The monoisotopic (exact) mass is 449 g/mol. The largest absolute Gasteiger partial charge is 0.481 e. The van der Waals surface area contributed by atoms with E-state index in [9.17, 15) is 4.79 Å². The van der Waals surface area contributed by atoms with E-state index in [-0.39, 0.29) is 6.42 Å². The number of piperazine rings is 1. The smallest absolute Gasteiger partial charge is 0.307 e. The van der Waals surface area contributed by atoms with Crippen molar-refractivity contribution in [2.75, 3.05) is 24.5 Å². The van der Waals surface area contributed by atoms with Gasteiger partial charge in [0.2, 0.25) is 0 Å². The van der Waals surface area contributed by atoms with Crippen LogP contribution in [0.5, 0.6) is 0 Å². The normalized spacial score (nSPS) is 17.1. The number of hydrogen-bond donors (Lipinski definition) is 1. The van der Waals surface area contributed by atoms with Crippen molar-refractivity contribution in [1.82, 2.24) is 9.88 Å². The van der Waals surface area contributed by atoms with E-state index in [1.54, 1.807) is 11.3 Å². The summed E-state index contributed by atoms with van der Waals surface area (Å²) in [6.45, 7) is 8.32. The number of aromatic nitrogens is 1. The van der Waals surface area contributed by atoms with E-state index < -0.39 is 5.97 Å². The number of thiazole rings is 1. The fourth-order valence-corrected chi connectivity index (χ4v) is 5.48. The number of carbonyl (C=O) groups is 1. The molecule has 3 aromatic rings. The van der Waals surface area contributed by atoms with E-state index in [0.717, 1.165) is 43.3 Å². The zero-order chi connectivity index (χ0) is 22.5. The molecule has 1 aromatic heterocycles. The van der Waals surface area contributed by atoms with Crippen molar-refractivity contribution in [3.63, 3.8) is 0 Å². The molecular formula is C26H31N3O2S. The van der Waals surface area contributed by atoms with Crippen molar-refractivity contribution in [1.29, 1.82) is 0 Å². The Morgan fingerprint density at radius 1 is 1.12 bits per heavy atom. The van der Waals surface area contributed by atoms with Gasteiger partial charge in [-0.25, -0.2) is 4.98 Å². The van der Waals surface area contributed by atoms with Gasteiger partial charge in [0.25, 0.3) is 0 Å². The number of carboxylic acid groups (broad SMARTS) is 1. The Bertz CT molecular complexity index is 1030. The standard InChI is InChI=1S/C26H31N3O2S/c1-19(2)13-23-18-28(17-21-8-6-7-20(14-21)15-25(30)31)11-12-29(23)26-27-16-24(32-26)22-9-4-3-5-10-22/h3-10,14,16,19,23H,11-13,15,17-18H2,1-2H3,(H,30,31)/t23-/m1/s1. The van der Waals surface area contributed by atoms with Crippen LogP contribution in [0.3, 0.4) is 0 Å². The summed E-state index contributed by atoms with van der Waals surface area (Å²) in [6, 6.07) is 18.9. The van der Waals surface area contributed by atoms with Crippen LogP contribution in [0.1, 0.15) is 31.4 Å². The van der Waals surface area contributed by atoms with Crippen LogP contribution >= 0.6 is 11.3 Å². The molecule has 1 aliphatic heterocycles. The molecule has 5 nitrogen and oxygen atoms in total. The Balaban J connectivity index is 1.47. The van der Waals surface area contributed by atoms with Gasteiger partial charge >= 0.3 is 5.97 Å². The van der Waals surface area contributed by atoms with E-state index in [0.29, 0.717) is 12.0 Å². The first-order valence-electron chi connectivity index (χ1n) is 11.3. The fraction of sp³-hybridized carbons (Fsp3) is 0.385. The maximum atomic E-state index is 11.1. The Morgan fingerprint density at radius 3 is 2.66 bits per heavy atom. The minimum Gasteiger partial charge on any atom is -0.481 e. The van der Waals surface area contributed by atoms with Gasteiger partial charge in [0, 0.05) is 38.4 Å². The SMILES string of the molecule is CC(C)C[C@@H]1CN(Cc2cccc(CC(=O)O)c2)CCN1c1ncc(-c2ccccc2)s1. The average Bonchev–Trinajstić information content (AvgIpc) is 3.24. The van der Waals surface area contributed by atoms with Gasteiger partial charge < -0.3 is 10.0 Å². The van der Waals surface area contributed by atoms with Gasteiger partial charge in [-0.15, -0.1) is 0 Å². The van der Waals surface area contributed by atoms with Crippen LogP contribution in [0.2, 0.25) is 0 Å². The summed E-state index contributed by atoms with van der Waals surface area (Å²) in [5, 5.41) is 10.2. The molecule has 0 radical (unpaired) electrons. The summed E-state index contributed by atoms with van der Waals surface area (Å²) < 4.78 is 0. The third kappa shape index (κ3) is 5.75. The minimum atomic E-state index is -0.786. The van der Waals surface area contributed by atoms with Gasteiger partial charge in [-0.05, 0) is 29.0 Å². The lowest BCUT2D eigenvalue weighted by atomic mass is 10.00. The third-order valence-electron chi connectivity index (χ3n) is 5.86. The maximum absolute atomic E-state index is 11.1. The highest BCUT2D eigenvalue weighted by Gasteiger charge is 2.29. The molecule has 1 saturated heterocycles. The first kappa shape index (κ1) is 22.5. The number of aliphatic carboxylic acids is 1. The predicted octanol–water partition coefficient (Wildman–Crippen LogP) is 5.17. The molecule has 6 heteroatoms. The van der Waals surface area contributed by atoms with Crippen LogP contribution in [0.4, 0.5) is 5.13 Å². The van der Waals surface area contributed by atoms with Crippen LogP contribution in [0, 0.1) is 5.92 Å². The van der Waals surface area contributed by atoms with Crippen molar-refractivity contribution in [2.45, 2.75) is 39.3 Å². The van der Waals surface area contributed by atoms with E-state index in [4.69, 9.17) is 10.1 Å². The second-order valence-corrected chi connectivity index (χ2v) is 9.98. The molecule has 0 aliphatic carbocycles. The Morgan fingerprint density at radius 2 is 1.91 bits per heavy atom. The number of hydrogen-bond acceptors (Lipinski definition) is 5. The highest BCUT2D eigenvalue weighted by Crippen LogP contribution is 2.34. The van der Waals surface area contributed by atoms with E-state index in [1.807, 2.05) is 30.5 Å². The van der Waals surface area contributed by atoms with Crippen LogP contribution in [0.25, 0.3) is 10.4 Å². The first-order valence-corrected chi connectivity index (χ1v) is 12.1. The van der Waals surface area contributed by atoms with E-state index in [2.05, 4.69) is 54.0 Å². The van der Waals surface area contributed by atoms with E-state index >= 15 is 0 Å². The predicted molar refractivity (Wildman–Crippen MR) is 131 cm³/mol. The molecule has 0 saturated carbocycles. The molecule has 1 fully saturated rings. The number of rotatable bonds is 8.